The Morgan fingerprint density at radius 3 is 1.47 bits per heavy atom. The number of nitrogens with zero attached hydrogens (tertiary/aromatic N) is 4. The third-order valence-electron chi connectivity index (χ3n) is 11.7. The lowest BCUT2D eigenvalue weighted by atomic mass is 10.1. The molecule has 0 aromatic carbocycles. The molecule has 0 spiro atoms. The van der Waals surface area contributed by atoms with Crippen LogP contribution < -0.4 is 27.8 Å². The molecule has 4 heterocycles. The second-order valence-corrected chi connectivity index (χ2v) is 26.0. The summed E-state index contributed by atoms with van der Waals surface area (Å²) in [5.74, 6) is 1.38. The van der Waals surface area contributed by atoms with Crippen molar-refractivity contribution in [3.05, 3.63) is 66.2 Å². The number of hydrogen-bond donors (Lipinski definition) is 4. The normalized spacial score (nSPS) is 21.5. The molecule has 0 amide bonds. The highest BCUT2D eigenvalue weighted by molar-refractivity contribution is 8.13. The fraction of sp³-hybridized carbons (Fsp3) is 0.815. The molecule has 0 saturated carbocycles. The number of hydrogen-bond acceptors (Lipinski definition) is 19. The van der Waals surface area contributed by atoms with Crippen molar-refractivity contribution in [2.24, 2.45) is 11.8 Å². The Balaban J connectivity index is 0.000000623. The number of rotatable bonds is 30. The lowest BCUT2D eigenvalue weighted by molar-refractivity contribution is -0.114. The fourth-order valence-electron chi connectivity index (χ4n) is 7.93. The zero-order valence-electron chi connectivity index (χ0n) is 51.2. The van der Waals surface area contributed by atoms with E-state index < -0.39 is 80.2 Å². The van der Waals surface area contributed by atoms with Crippen molar-refractivity contribution in [2.75, 3.05) is 51.1 Å². The van der Waals surface area contributed by atoms with E-state index in [2.05, 4.69) is 70.4 Å². The predicted octanol–water partition coefficient (Wildman–Crippen LogP) is 8.36. The number of aromatic amines is 2. The van der Waals surface area contributed by atoms with Gasteiger partial charge in [-0.3, -0.25) is 43.0 Å². The van der Waals surface area contributed by atoms with Crippen LogP contribution in [-0.2, 0) is 42.1 Å². The van der Waals surface area contributed by atoms with E-state index >= 15 is 4.39 Å². The molecule has 0 aliphatic carbocycles. The second kappa shape index (κ2) is 40.9. The fourth-order valence-corrected chi connectivity index (χ4v) is 11.9. The number of halogens is 2. The summed E-state index contributed by atoms with van der Waals surface area (Å²) >= 11 is 2.60. The number of alkyl halides is 2. The van der Waals surface area contributed by atoms with Gasteiger partial charge in [0.1, 0.15) is 12.2 Å². The predicted molar refractivity (Wildman–Crippen MR) is 323 cm³/mol. The van der Waals surface area contributed by atoms with Gasteiger partial charge in [0.2, 0.25) is 0 Å². The van der Waals surface area contributed by atoms with Gasteiger partial charge in [-0.05, 0) is 68.2 Å². The summed E-state index contributed by atoms with van der Waals surface area (Å²) in [6.45, 7) is 39.3. The average Bonchev–Trinajstić information content (AvgIpc) is 3.88. The van der Waals surface area contributed by atoms with E-state index in [0.29, 0.717) is 84.8 Å². The van der Waals surface area contributed by atoms with Crippen LogP contribution in [0.2, 0.25) is 0 Å². The van der Waals surface area contributed by atoms with Crippen LogP contribution >= 0.6 is 41.0 Å². The van der Waals surface area contributed by atoms with Crippen molar-refractivity contribution in [3.63, 3.8) is 0 Å². The van der Waals surface area contributed by atoms with E-state index in [1.807, 2.05) is 72.0 Å². The summed E-state index contributed by atoms with van der Waals surface area (Å²) in [7, 11) is -1.31. The lowest BCUT2D eigenvalue weighted by Crippen LogP contribution is -2.39. The molecular formula is C54H99F2N7O14P2S2. The Morgan fingerprint density at radius 1 is 0.667 bits per heavy atom. The molecular weight excluding hydrogens is 1130 g/mol. The second-order valence-electron chi connectivity index (χ2n) is 21.4. The number of carbonyl (C=O) groups is 2. The van der Waals surface area contributed by atoms with Crippen molar-refractivity contribution in [3.8, 4) is 0 Å². The molecule has 10 atom stereocenters. The monoisotopic (exact) mass is 1230 g/mol. The van der Waals surface area contributed by atoms with Gasteiger partial charge in [0.25, 0.3) is 19.6 Å². The number of H-pyrrole nitrogens is 2. The number of aromatic nitrogens is 4. The van der Waals surface area contributed by atoms with E-state index in [-0.39, 0.29) is 40.8 Å². The lowest BCUT2D eigenvalue weighted by Gasteiger charge is -2.37. The Labute approximate surface area is 491 Å². The van der Waals surface area contributed by atoms with Crippen LogP contribution in [0.4, 0.5) is 8.78 Å². The first-order valence-corrected chi connectivity index (χ1v) is 32.1. The highest BCUT2D eigenvalue weighted by Crippen LogP contribution is 2.50. The van der Waals surface area contributed by atoms with E-state index in [1.54, 1.807) is 6.92 Å². The van der Waals surface area contributed by atoms with Gasteiger partial charge >= 0.3 is 11.4 Å². The van der Waals surface area contributed by atoms with E-state index in [0.717, 1.165) is 33.2 Å². The minimum absolute atomic E-state index is 0.0136. The van der Waals surface area contributed by atoms with E-state index in [1.165, 1.54) is 29.7 Å². The first-order valence-electron chi connectivity index (χ1n) is 28.2. The molecule has 0 radical (unpaired) electrons. The number of ether oxygens (including phenoxy) is 4. The summed E-state index contributed by atoms with van der Waals surface area (Å²) < 4.78 is 76.1. The van der Waals surface area contributed by atoms with Crippen molar-refractivity contribution in [1.29, 1.82) is 0 Å². The number of thioether (sulfide) groups is 2. The van der Waals surface area contributed by atoms with Gasteiger partial charge in [0.05, 0.1) is 60.8 Å². The Morgan fingerprint density at radius 2 is 1.10 bits per heavy atom. The summed E-state index contributed by atoms with van der Waals surface area (Å²) in [6, 6.07) is 4.61. The quantitative estimate of drug-likeness (QED) is 0.0424. The SMILES string of the molecule is CC(C)C(=O)SCCOCCOPN(C(C)C)C(C)C.CC(C)NC(C)C.CC[C@H]1O[C@@H](n2ccc(=O)[nH]c2=O)[C@@H](F)C1O.CC[C@H]1O[C@@H](n2ccc(=O)[nH]c2=O)[C@@H](F)C1OP(OCCOCCSC(=O)C(C)C)N(C(C)C)C(C)C. The first kappa shape index (κ1) is 76.7. The summed E-state index contributed by atoms with van der Waals surface area (Å²) in [4.78, 5) is 73.2. The van der Waals surface area contributed by atoms with Crippen LogP contribution in [0.25, 0.3) is 0 Å². The molecule has 4 N–H and O–H groups in total. The summed E-state index contributed by atoms with van der Waals surface area (Å²) in [5.41, 5.74) is -2.63. The molecule has 2 aromatic heterocycles. The topological polar surface area (TPSA) is 247 Å². The van der Waals surface area contributed by atoms with E-state index in [9.17, 15) is 38.3 Å². The van der Waals surface area contributed by atoms with Gasteiger partial charge in [0, 0.05) is 84.1 Å². The number of nitrogens with one attached hydrogen (secondary N) is 3. The van der Waals surface area contributed by atoms with Gasteiger partial charge in [0.15, 0.2) is 35.0 Å². The van der Waals surface area contributed by atoms with Crippen molar-refractivity contribution in [2.45, 2.75) is 223 Å². The molecule has 81 heavy (non-hydrogen) atoms. The van der Waals surface area contributed by atoms with Crippen LogP contribution in [-0.4, -0.2) is 168 Å². The number of carbonyl (C=O) groups excluding carboxylic acids is 2. The van der Waals surface area contributed by atoms with Crippen LogP contribution in [0, 0.1) is 11.8 Å². The highest BCUT2D eigenvalue weighted by atomic mass is 32.2. The Bertz CT molecular complexity index is 2280. The van der Waals surface area contributed by atoms with Crippen molar-refractivity contribution in [1.82, 2.24) is 33.8 Å². The number of aliphatic hydroxyl groups excluding tert-OH is 1. The number of aliphatic hydroxyl groups is 1. The Kier molecular flexibility index (Phi) is 38.7. The third-order valence-corrected chi connectivity index (χ3v) is 17.6. The van der Waals surface area contributed by atoms with Gasteiger partial charge in [-0.15, -0.1) is 0 Å². The third kappa shape index (κ3) is 28.6. The van der Waals surface area contributed by atoms with Gasteiger partial charge in [-0.1, -0.05) is 92.8 Å². The van der Waals surface area contributed by atoms with E-state index in [4.69, 9.17) is 32.5 Å². The molecule has 2 aromatic rings. The molecule has 4 rings (SSSR count). The van der Waals surface area contributed by atoms with Crippen LogP contribution in [0.5, 0.6) is 0 Å². The smallest absolute Gasteiger partial charge is 0.330 e. The summed E-state index contributed by atoms with van der Waals surface area (Å²) in [5, 5.41) is 13.2. The maximum Gasteiger partial charge on any atom is 0.330 e. The molecule has 0 bridgehead atoms. The molecule has 2 aliphatic rings. The largest absolute Gasteiger partial charge is 0.387 e. The molecule has 2 fully saturated rings. The molecule has 4 unspecified atom stereocenters. The molecule has 2 saturated heterocycles. The highest BCUT2D eigenvalue weighted by Gasteiger charge is 2.49. The summed E-state index contributed by atoms with van der Waals surface area (Å²) in [6.07, 6.45) is -5.97. The minimum Gasteiger partial charge on any atom is -0.387 e. The molecule has 21 nitrogen and oxygen atoms in total. The molecule has 470 valence electrons. The zero-order chi connectivity index (χ0) is 61.7. The van der Waals surface area contributed by atoms with Crippen LogP contribution in [0.1, 0.15) is 150 Å². The average molecular weight is 1230 g/mol. The van der Waals surface area contributed by atoms with Gasteiger partial charge < -0.3 is 42.9 Å². The van der Waals surface area contributed by atoms with Crippen LogP contribution in [0.3, 0.4) is 0 Å². The standard InChI is InChI=1S/C24H41FN3O7PS.C14H30NO3PS.C10H13FN2O4.C6H15N/c1-8-18-21(20(25)22(34-18)27-10-9-19(29)26-24(27)31)35-36(28(16(4)5)17(6)7)33-12-11-32-13-14-37-23(30)15(2)3;1-11(2)14(16)20-10-9-17-7-8-18-19-15(12(3)4)13(5)6;1-2-5-8(15)7(11)9(17-5)13-4-3-6(14)12-10(13)16;1-5(2)7-6(3)4/h9-10,15-18,20-22H,8,11-14H2,1-7H3,(H,26,29,31);11-13,19H,7-10H2,1-6H3;3-5,7-9,15H,2H2,1H3,(H,12,14,16);5-7H,1-4H3/t18-,20+,21?,22-,36?;;5-,7+,8?,9-;/m1.1./s1. The minimum atomic E-state index is -1.69. The van der Waals surface area contributed by atoms with Gasteiger partial charge in [-0.2, -0.15) is 0 Å². The van der Waals surface area contributed by atoms with Gasteiger partial charge in [-0.25, -0.2) is 23.0 Å². The molecule has 2 aliphatic heterocycles. The van der Waals surface area contributed by atoms with Crippen molar-refractivity contribution >= 4 is 51.2 Å². The van der Waals surface area contributed by atoms with Crippen molar-refractivity contribution < 1.29 is 56.0 Å². The Hall–Kier alpha value is -2.32. The maximum absolute atomic E-state index is 15.7. The van der Waals surface area contributed by atoms with Crippen LogP contribution in [0.15, 0.2) is 43.7 Å². The molecule has 27 heteroatoms. The first-order chi connectivity index (χ1) is 38.0. The maximum atomic E-state index is 15.7. The zero-order valence-corrected chi connectivity index (χ0v) is 54.7.